The zero-order valence-electron chi connectivity index (χ0n) is 10.2. The van der Waals surface area contributed by atoms with E-state index in [1.165, 1.54) is 25.0 Å². The van der Waals surface area contributed by atoms with Crippen molar-refractivity contribution in [3.8, 4) is 0 Å². The average molecular weight is 272 g/mol. The van der Waals surface area contributed by atoms with Gasteiger partial charge in [0.2, 0.25) is 10.0 Å². The van der Waals surface area contributed by atoms with Crippen molar-refractivity contribution in [3.05, 3.63) is 24.0 Å². The number of nitrogens with two attached hydrogens (primary N) is 1. The largest absolute Gasteiger partial charge is 0.396 e. The van der Waals surface area contributed by atoms with E-state index in [1.54, 1.807) is 0 Å². The number of nitrogens with one attached hydrogen (secondary N) is 1. The minimum atomic E-state index is -3.65. The zero-order valence-corrected chi connectivity index (χ0v) is 11.0. The number of nitrogen functional groups attached to an aromatic ring is 1. The molecule has 1 saturated carbocycles. The second-order valence-electron chi connectivity index (χ2n) is 4.85. The summed E-state index contributed by atoms with van der Waals surface area (Å²) >= 11 is 0. The van der Waals surface area contributed by atoms with Gasteiger partial charge in [0.05, 0.1) is 10.6 Å². The van der Waals surface area contributed by atoms with Crippen molar-refractivity contribution in [1.82, 2.24) is 4.72 Å². The van der Waals surface area contributed by atoms with Gasteiger partial charge in [-0.3, -0.25) is 0 Å². The van der Waals surface area contributed by atoms with Crippen LogP contribution in [0, 0.1) is 17.7 Å². The lowest BCUT2D eigenvalue weighted by atomic mass is 10.1. The highest BCUT2D eigenvalue weighted by molar-refractivity contribution is 7.89. The molecule has 1 aromatic rings. The molecule has 1 aromatic carbocycles. The summed E-state index contributed by atoms with van der Waals surface area (Å²) < 4.78 is 39.6. The van der Waals surface area contributed by atoms with Gasteiger partial charge in [0.1, 0.15) is 5.82 Å². The highest BCUT2D eigenvalue weighted by atomic mass is 32.2. The number of anilines is 1. The van der Waals surface area contributed by atoms with Crippen LogP contribution in [0.2, 0.25) is 0 Å². The van der Waals surface area contributed by atoms with Crippen molar-refractivity contribution in [2.24, 2.45) is 11.8 Å². The first-order chi connectivity index (χ1) is 8.40. The molecule has 0 bridgehead atoms. The zero-order chi connectivity index (χ0) is 13.3. The Morgan fingerprint density at radius 3 is 2.72 bits per heavy atom. The summed E-state index contributed by atoms with van der Waals surface area (Å²) in [6.45, 7) is 2.41. The van der Waals surface area contributed by atoms with Crippen LogP contribution in [0.5, 0.6) is 0 Å². The molecule has 1 unspecified atom stereocenters. The summed E-state index contributed by atoms with van der Waals surface area (Å²) in [7, 11) is -3.65. The molecule has 1 aliphatic rings. The van der Waals surface area contributed by atoms with Crippen LogP contribution in [-0.2, 0) is 10.0 Å². The minimum absolute atomic E-state index is 0.0553. The lowest BCUT2D eigenvalue weighted by molar-refractivity contribution is 0.491. The lowest BCUT2D eigenvalue weighted by Gasteiger charge is -2.12. The SMILES string of the molecule is CC(CNS(=O)(=O)c1ccc(N)c(F)c1)C1CC1. The fourth-order valence-electron chi connectivity index (χ4n) is 1.83. The Kier molecular flexibility index (Phi) is 3.59. The number of hydrogen-bond donors (Lipinski definition) is 2. The maximum Gasteiger partial charge on any atom is 0.240 e. The van der Waals surface area contributed by atoms with Crippen molar-refractivity contribution >= 4 is 15.7 Å². The van der Waals surface area contributed by atoms with E-state index < -0.39 is 15.8 Å². The smallest absolute Gasteiger partial charge is 0.240 e. The third-order valence-corrected chi connectivity index (χ3v) is 4.73. The summed E-state index contributed by atoms with van der Waals surface area (Å²) in [6.07, 6.45) is 2.33. The fraction of sp³-hybridized carbons (Fsp3) is 0.500. The lowest BCUT2D eigenvalue weighted by Crippen LogP contribution is -2.29. The quantitative estimate of drug-likeness (QED) is 0.802. The van der Waals surface area contributed by atoms with E-state index in [-0.39, 0.29) is 10.6 Å². The van der Waals surface area contributed by atoms with Crippen LogP contribution in [0.15, 0.2) is 23.1 Å². The van der Waals surface area contributed by atoms with Crippen LogP contribution in [0.3, 0.4) is 0 Å². The van der Waals surface area contributed by atoms with Gasteiger partial charge in [0.25, 0.3) is 0 Å². The number of benzene rings is 1. The molecule has 0 aliphatic heterocycles. The molecule has 0 spiro atoms. The standard InChI is InChI=1S/C12H17FN2O2S/c1-8(9-2-3-9)7-15-18(16,17)10-4-5-12(14)11(13)6-10/h4-6,8-9,15H,2-3,7,14H2,1H3. The van der Waals surface area contributed by atoms with Gasteiger partial charge < -0.3 is 5.73 Å². The van der Waals surface area contributed by atoms with Crippen molar-refractivity contribution in [3.63, 3.8) is 0 Å². The van der Waals surface area contributed by atoms with Gasteiger partial charge in [-0.1, -0.05) is 6.92 Å². The topological polar surface area (TPSA) is 72.2 Å². The maximum atomic E-state index is 13.2. The molecule has 0 aromatic heterocycles. The molecule has 100 valence electrons. The van der Waals surface area contributed by atoms with Crippen LogP contribution < -0.4 is 10.5 Å². The molecule has 0 heterocycles. The van der Waals surface area contributed by atoms with E-state index in [9.17, 15) is 12.8 Å². The van der Waals surface area contributed by atoms with Crippen LogP contribution in [-0.4, -0.2) is 15.0 Å². The first kappa shape index (κ1) is 13.3. The summed E-state index contributed by atoms with van der Waals surface area (Å²) in [6, 6.07) is 3.51. The molecule has 4 nitrogen and oxygen atoms in total. The van der Waals surface area contributed by atoms with Crippen LogP contribution in [0.4, 0.5) is 10.1 Å². The molecule has 0 amide bonds. The van der Waals surface area contributed by atoms with Crippen molar-refractivity contribution in [1.29, 1.82) is 0 Å². The van der Waals surface area contributed by atoms with E-state index in [2.05, 4.69) is 4.72 Å². The summed E-state index contributed by atoms with van der Waals surface area (Å²) in [5.74, 6) is 0.224. The molecule has 18 heavy (non-hydrogen) atoms. The predicted octanol–water partition coefficient (Wildman–Crippen LogP) is 1.73. The molecule has 0 radical (unpaired) electrons. The number of halogens is 1. The van der Waals surface area contributed by atoms with Crippen LogP contribution in [0.1, 0.15) is 19.8 Å². The van der Waals surface area contributed by atoms with E-state index in [1.807, 2.05) is 6.92 Å². The Balaban J connectivity index is 2.07. The van der Waals surface area contributed by atoms with Gasteiger partial charge in [-0.25, -0.2) is 17.5 Å². The minimum Gasteiger partial charge on any atom is -0.396 e. The maximum absolute atomic E-state index is 13.2. The third kappa shape index (κ3) is 3.00. The normalized spacial score (nSPS) is 17.7. The van der Waals surface area contributed by atoms with Gasteiger partial charge >= 0.3 is 0 Å². The van der Waals surface area contributed by atoms with E-state index in [0.717, 1.165) is 6.07 Å². The van der Waals surface area contributed by atoms with Gasteiger partial charge in [-0.2, -0.15) is 0 Å². The van der Waals surface area contributed by atoms with E-state index in [4.69, 9.17) is 5.73 Å². The van der Waals surface area contributed by atoms with Gasteiger partial charge in [-0.05, 0) is 42.9 Å². The Morgan fingerprint density at radius 1 is 1.50 bits per heavy atom. The molecule has 6 heteroatoms. The second kappa shape index (κ2) is 4.85. The third-order valence-electron chi connectivity index (χ3n) is 3.30. The molecule has 2 rings (SSSR count). The molecule has 0 saturated heterocycles. The highest BCUT2D eigenvalue weighted by Gasteiger charge is 2.28. The number of hydrogen-bond acceptors (Lipinski definition) is 3. The summed E-state index contributed by atoms with van der Waals surface area (Å²) in [5.41, 5.74) is 5.26. The summed E-state index contributed by atoms with van der Waals surface area (Å²) in [5, 5.41) is 0. The first-order valence-electron chi connectivity index (χ1n) is 5.95. The van der Waals surface area contributed by atoms with E-state index in [0.29, 0.717) is 18.4 Å². The Labute approximate surface area is 106 Å². The molecule has 1 aliphatic carbocycles. The van der Waals surface area contributed by atoms with Gasteiger partial charge in [0, 0.05) is 6.54 Å². The van der Waals surface area contributed by atoms with Crippen molar-refractivity contribution in [2.45, 2.75) is 24.7 Å². The Hall–Kier alpha value is -1.14. The van der Waals surface area contributed by atoms with Gasteiger partial charge in [-0.15, -0.1) is 0 Å². The fourth-order valence-corrected chi connectivity index (χ4v) is 2.99. The van der Waals surface area contributed by atoms with Crippen molar-refractivity contribution < 1.29 is 12.8 Å². The van der Waals surface area contributed by atoms with Crippen LogP contribution >= 0.6 is 0 Å². The second-order valence-corrected chi connectivity index (χ2v) is 6.62. The number of sulfonamides is 1. The Bertz CT molecular complexity index is 541. The highest BCUT2D eigenvalue weighted by Crippen LogP contribution is 2.36. The molecule has 1 atom stereocenters. The summed E-state index contributed by atoms with van der Waals surface area (Å²) in [4.78, 5) is -0.0859. The average Bonchev–Trinajstić information content (AvgIpc) is 3.13. The van der Waals surface area contributed by atoms with Crippen molar-refractivity contribution in [2.75, 3.05) is 12.3 Å². The predicted molar refractivity (Wildman–Crippen MR) is 67.9 cm³/mol. The van der Waals surface area contributed by atoms with E-state index >= 15 is 0 Å². The Morgan fingerprint density at radius 2 is 2.17 bits per heavy atom. The van der Waals surface area contributed by atoms with Gasteiger partial charge in [0.15, 0.2) is 0 Å². The monoisotopic (exact) mass is 272 g/mol. The first-order valence-corrected chi connectivity index (χ1v) is 7.43. The molecule has 3 N–H and O–H groups in total. The van der Waals surface area contributed by atoms with Crippen LogP contribution in [0.25, 0.3) is 0 Å². The molecule has 1 fully saturated rings. The molecular weight excluding hydrogens is 255 g/mol. The number of rotatable bonds is 5. The molecular formula is C12H17FN2O2S.